The molecule has 0 saturated heterocycles. The van der Waals surface area contributed by atoms with E-state index in [1.807, 2.05) is 0 Å². The minimum absolute atomic E-state index is 0.00718. The highest BCUT2D eigenvalue weighted by Crippen LogP contribution is 2.31. The molecular formula is C27H25F2N7O3. The zero-order valence-corrected chi connectivity index (χ0v) is 20.7. The highest BCUT2D eigenvalue weighted by Gasteiger charge is 2.21. The molecule has 0 aliphatic heterocycles. The second-order valence-electron chi connectivity index (χ2n) is 8.60. The van der Waals surface area contributed by atoms with Crippen molar-refractivity contribution in [3.8, 4) is 22.8 Å². The molecule has 0 saturated carbocycles. The molecule has 0 aliphatic rings. The highest BCUT2D eigenvalue weighted by atomic mass is 19.1. The highest BCUT2D eigenvalue weighted by molar-refractivity contribution is 6.03. The SMILES string of the molecule is CC(N)CNC(=N)c1c(Oc2ccc(NC(=O)c3cccc(-c4ccc(F)cc4)[n+]3[O-])cc2F)ccnc1N. The quantitative estimate of drug-likeness (QED) is 0.0999. The average Bonchev–Trinajstić information content (AvgIpc) is 2.89. The molecule has 39 heavy (non-hydrogen) atoms. The number of benzene rings is 2. The van der Waals surface area contributed by atoms with Gasteiger partial charge in [0.05, 0.1) is 0 Å². The molecule has 200 valence electrons. The normalized spacial score (nSPS) is 11.5. The van der Waals surface area contributed by atoms with Crippen molar-refractivity contribution in [1.29, 1.82) is 5.41 Å². The van der Waals surface area contributed by atoms with Crippen LogP contribution >= 0.6 is 0 Å². The van der Waals surface area contributed by atoms with E-state index in [4.69, 9.17) is 21.6 Å². The Hall–Kier alpha value is -5.10. The summed E-state index contributed by atoms with van der Waals surface area (Å²) in [5.74, 6) is -2.25. The van der Waals surface area contributed by atoms with Crippen molar-refractivity contribution in [2.75, 3.05) is 17.6 Å². The second kappa shape index (κ2) is 11.5. The molecule has 2 heterocycles. The number of nitrogens with two attached hydrogens (primary N) is 2. The number of hydrogen-bond acceptors (Lipinski definition) is 7. The van der Waals surface area contributed by atoms with Crippen molar-refractivity contribution < 1.29 is 23.0 Å². The molecule has 2 aromatic carbocycles. The van der Waals surface area contributed by atoms with E-state index in [1.165, 1.54) is 66.9 Å². The van der Waals surface area contributed by atoms with Crippen LogP contribution in [0.3, 0.4) is 0 Å². The molecule has 12 heteroatoms. The van der Waals surface area contributed by atoms with Crippen LogP contribution in [0.5, 0.6) is 11.5 Å². The van der Waals surface area contributed by atoms with Crippen LogP contribution in [0.1, 0.15) is 23.0 Å². The maximum Gasteiger partial charge on any atom is 0.321 e. The third-order valence-corrected chi connectivity index (χ3v) is 5.52. The largest absolute Gasteiger partial charge is 0.618 e. The fourth-order valence-electron chi connectivity index (χ4n) is 3.62. The Morgan fingerprint density at radius 1 is 1.13 bits per heavy atom. The van der Waals surface area contributed by atoms with Gasteiger partial charge in [0, 0.05) is 54.3 Å². The number of carbonyl (C=O) groups is 1. The van der Waals surface area contributed by atoms with Gasteiger partial charge in [0.25, 0.3) is 5.69 Å². The summed E-state index contributed by atoms with van der Waals surface area (Å²) in [6.07, 6.45) is 1.36. The van der Waals surface area contributed by atoms with Crippen LogP contribution in [0.25, 0.3) is 11.3 Å². The first kappa shape index (κ1) is 26.9. The van der Waals surface area contributed by atoms with Crippen LogP contribution in [0.2, 0.25) is 0 Å². The van der Waals surface area contributed by atoms with Gasteiger partial charge in [0.1, 0.15) is 28.8 Å². The van der Waals surface area contributed by atoms with Crippen molar-refractivity contribution in [2.24, 2.45) is 5.73 Å². The first-order valence-corrected chi connectivity index (χ1v) is 11.7. The predicted molar refractivity (Wildman–Crippen MR) is 142 cm³/mol. The van der Waals surface area contributed by atoms with Gasteiger partial charge < -0.3 is 32.0 Å². The van der Waals surface area contributed by atoms with Gasteiger partial charge >= 0.3 is 5.91 Å². The lowest BCUT2D eigenvalue weighted by molar-refractivity contribution is -0.595. The molecule has 0 spiro atoms. The number of carbonyl (C=O) groups excluding carboxylic acids is 1. The Kier molecular flexibility index (Phi) is 7.96. The predicted octanol–water partition coefficient (Wildman–Crippen LogP) is 3.55. The molecular weight excluding hydrogens is 508 g/mol. The third kappa shape index (κ3) is 6.25. The summed E-state index contributed by atoms with van der Waals surface area (Å²) in [6.45, 7) is 2.06. The van der Waals surface area contributed by atoms with Gasteiger partial charge in [-0.25, -0.2) is 13.8 Å². The maximum absolute atomic E-state index is 15.0. The maximum atomic E-state index is 15.0. The topological polar surface area (TPSA) is 166 Å². The van der Waals surface area contributed by atoms with Crippen LogP contribution in [-0.2, 0) is 0 Å². The molecule has 10 nitrogen and oxygen atoms in total. The van der Waals surface area contributed by atoms with E-state index in [2.05, 4.69) is 15.6 Å². The third-order valence-electron chi connectivity index (χ3n) is 5.52. The number of halogens is 2. The number of amidine groups is 1. The standard InChI is InChI=1S/C27H25F2N7O3/c1-15(30)14-34-26(32)24-23(11-12-33-25(24)31)39-22-10-9-18(13-19(22)29)35-27(37)21-4-2-3-20(36(21)38)16-5-7-17(28)8-6-16/h2-13,15H,14,30H2,1H3,(H2,31,33)(H2,32,34)(H,35,37). The van der Waals surface area contributed by atoms with Gasteiger partial charge in [-0.3, -0.25) is 10.2 Å². The average molecular weight is 534 g/mol. The van der Waals surface area contributed by atoms with Crippen molar-refractivity contribution in [1.82, 2.24) is 10.3 Å². The Bertz CT molecular complexity index is 1530. The van der Waals surface area contributed by atoms with Crippen molar-refractivity contribution in [3.05, 3.63) is 101 Å². The van der Waals surface area contributed by atoms with Gasteiger partial charge in [0.15, 0.2) is 11.6 Å². The fourth-order valence-corrected chi connectivity index (χ4v) is 3.62. The van der Waals surface area contributed by atoms with E-state index in [1.54, 1.807) is 6.92 Å². The van der Waals surface area contributed by atoms with Gasteiger partial charge in [-0.15, -0.1) is 0 Å². The van der Waals surface area contributed by atoms with E-state index in [0.29, 0.717) is 16.8 Å². The first-order chi connectivity index (χ1) is 18.6. The van der Waals surface area contributed by atoms with Crippen molar-refractivity contribution in [3.63, 3.8) is 0 Å². The van der Waals surface area contributed by atoms with Crippen LogP contribution in [0, 0.1) is 22.3 Å². The number of aromatic nitrogens is 2. The number of amides is 1. The Morgan fingerprint density at radius 3 is 2.56 bits per heavy atom. The molecule has 7 N–H and O–H groups in total. The van der Waals surface area contributed by atoms with E-state index in [0.717, 1.165) is 6.07 Å². The number of rotatable bonds is 8. The van der Waals surface area contributed by atoms with Crippen molar-refractivity contribution >= 4 is 23.2 Å². The van der Waals surface area contributed by atoms with Crippen LogP contribution in [-0.4, -0.2) is 29.3 Å². The summed E-state index contributed by atoms with van der Waals surface area (Å²) in [6, 6.07) is 14.5. The molecule has 1 atom stereocenters. The first-order valence-electron chi connectivity index (χ1n) is 11.7. The van der Waals surface area contributed by atoms with Gasteiger partial charge in [-0.05, 0) is 49.4 Å². The molecule has 1 unspecified atom stereocenters. The zero-order valence-electron chi connectivity index (χ0n) is 20.7. The van der Waals surface area contributed by atoms with Crippen LogP contribution in [0.15, 0.2) is 72.9 Å². The lowest BCUT2D eigenvalue weighted by Gasteiger charge is -2.16. The second-order valence-corrected chi connectivity index (χ2v) is 8.60. The molecule has 4 rings (SSSR count). The lowest BCUT2D eigenvalue weighted by atomic mass is 10.1. The zero-order chi connectivity index (χ0) is 28.1. The summed E-state index contributed by atoms with van der Waals surface area (Å²) >= 11 is 0. The Balaban J connectivity index is 1.53. The number of pyridine rings is 2. The number of nitrogens with one attached hydrogen (secondary N) is 3. The number of hydrogen-bond donors (Lipinski definition) is 5. The van der Waals surface area contributed by atoms with E-state index < -0.39 is 17.5 Å². The van der Waals surface area contributed by atoms with Gasteiger partial charge in [-0.2, -0.15) is 4.73 Å². The number of nitrogens with zero attached hydrogens (tertiary/aromatic N) is 2. The Labute approximate surface area is 222 Å². The minimum Gasteiger partial charge on any atom is -0.618 e. The van der Waals surface area contributed by atoms with Crippen molar-refractivity contribution in [2.45, 2.75) is 13.0 Å². The number of ether oxygens (including phenoxy) is 1. The van der Waals surface area contributed by atoms with Crippen LogP contribution < -0.4 is 31.6 Å². The summed E-state index contributed by atoms with van der Waals surface area (Å²) < 4.78 is 34.3. The number of anilines is 2. The molecule has 0 bridgehead atoms. The van der Waals surface area contributed by atoms with Gasteiger partial charge in [-0.1, -0.05) is 0 Å². The molecule has 2 aromatic heterocycles. The molecule has 0 radical (unpaired) electrons. The Morgan fingerprint density at radius 2 is 1.87 bits per heavy atom. The molecule has 4 aromatic rings. The van der Waals surface area contributed by atoms with E-state index in [9.17, 15) is 18.8 Å². The van der Waals surface area contributed by atoms with Gasteiger partial charge in [0.2, 0.25) is 5.69 Å². The lowest BCUT2D eigenvalue weighted by Crippen LogP contribution is -2.38. The summed E-state index contributed by atoms with van der Waals surface area (Å²) in [7, 11) is 0. The molecule has 0 aliphatic carbocycles. The van der Waals surface area contributed by atoms with Crippen LogP contribution in [0.4, 0.5) is 20.3 Å². The smallest absolute Gasteiger partial charge is 0.321 e. The fraction of sp³-hybridized carbons (Fsp3) is 0.111. The summed E-state index contributed by atoms with van der Waals surface area (Å²) in [5.41, 5.74) is 12.2. The molecule has 1 amide bonds. The van der Waals surface area contributed by atoms with E-state index in [-0.39, 0.29) is 51.8 Å². The molecule has 0 fully saturated rings. The monoisotopic (exact) mass is 533 g/mol. The minimum atomic E-state index is -0.820. The summed E-state index contributed by atoms with van der Waals surface area (Å²) in [4.78, 5) is 16.8. The van der Waals surface area contributed by atoms with E-state index >= 15 is 0 Å². The number of nitrogen functional groups attached to an aromatic ring is 1. The summed E-state index contributed by atoms with van der Waals surface area (Å²) in [5, 5.41) is 26.4.